The van der Waals surface area contributed by atoms with Gasteiger partial charge in [0.05, 0.1) is 6.10 Å². The number of amides is 3. The molecule has 2 atom stereocenters. The van der Waals surface area contributed by atoms with Crippen molar-refractivity contribution < 1.29 is 33.5 Å². The molecule has 0 radical (unpaired) electrons. The molecule has 0 aromatic carbocycles. The van der Waals surface area contributed by atoms with Crippen LogP contribution in [0.25, 0.3) is 5.53 Å². The molecule has 5 rings (SSSR count). The van der Waals surface area contributed by atoms with Gasteiger partial charge in [-0.2, -0.15) is 4.79 Å². The third-order valence-corrected chi connectivity index (χ3v) is 9.48. The van der Waals surface area contributed by atoms with E-state index in [2.05, 4.69) is 20.3 Å². The van der Waals surface area contributed by atoms with Gasteiger partial charge in [0.1, 0.15) is 12.1 Å². The topological polar surface area (TPSA) is 162 Å². The maximum absolute atomic E-state index is 13.9. The normalized spacial score (nSPS) is 28.0. The molecule has 4 saturated carbocycles. The van der Waals surface area contributed by atoms with Crippen LogP contribution in [0.2, 0.25) is 0 Å². The zero-order valence-electron chi connectivity index (χ0n) is 25.2. The lowest BCUT2D eigenvalue weighted by Gasteiger charge is -2.55. The number of nitrogens with one attached hydrogen (secondary N) is 2. The Morgan fingerprint density at radius 2 is 1.48 bits per heavy atom. The summed E-state index contributed by atoms with van der Waals surface area (Å²) in [5.41, 5.74) is 8.16. The van der Waals surface area contributed by atoms with Crippen LogP contribution >= 0.6 is 0 Å². The zero-order valence-corrected chi connectivity index (χ0v) is 25.2. The van der Waals surface area contributed by atoms with Crippen molar-refractivity contribution in [3.8, 4) is 0 Å². The van der Waals surface area contributed by atoms with Gasteiger partial charge < -0.3 is 30.7 Å². The van der Waals surface area contributed by atoms with Crippen LogP contribution < -0.4 is 10.6 Å². The van der Waals surface area contributed by atoms with Gasteiger partial charge in [0, 0.05) is 44.4 Å². The summed E-state index contributed by atoms with van der Waals surface area (Å²) in [4.78, 5) is 72.1. The van der Waals surface area contributed by atoms with Crippen molar-refractivity contribution >= 4 is 35.7 Å². The first-order chi connectivity index (χ1) is 20.0. The van der Waals surface area contributed by atoms with Crippen LogP contribution in [0, 0.1) is 23.2 Å². The molecule has 42 heavy (non-hydrogen) atoms. The molecule has 232 valence electrons. The molecule has 0 aromatic rings. The highest BCUT2D eigenvalue weighted by molar-refractivity contribution is 6.25. The number of Topliss-reactive ketones (excluding diaryl/α,β-unsaturated/α-hetero) is 1. The van der Waals surface area contributed by atoms with Crippen molar-refractivity contribution in [1.29, 1.82) is 0 Å². The first kappa shape index (κ1) is 31.8. The quantitative estimate of drug-likeness (QED) is 0.142. The number of likely N-dealkylation sites (N-methyl/N-ethyl adjacent to an activating group) is 1. The van der Waals surface area contributed by atoms with Gasteiger partial charge in [-0.1, -0.05) is 0 Å². The predicted molar refractivity (Wildman–Crippen MR) is 153 cm³/mol. The van der Waals surface area contributed by atoms with Gasteiger partial charge >= 0.3 is 12.2 Å². The second-order valence-electron chi connectivity index (χ2n) is 13.2. The van der Waals surface area contributed by atoms with Gasteiger partial charge in [0.15, 0.2) is 0 Å². The number of carbonyl (C=O) groups is 5. The van der Waals surface area contributed by atoms with E-state index >= 15 is 0 Å². The van der Waals surface area contributed by atoms with Crippen molar-refractivity contribution in [1.82, 2.24) is 20.4 Å². The molecule has 2 N–H and O–H groups in total. The Balaban J connectivity index is 1.47. The summed E-state index contributed by atoms with van der Waals surface area (Å²) in [7, 11) is 2.01. The Hall–Kier alpha value is -3.11. The zero-order chi connectivity index (χ0) is 30.4. The molecular weight excluding hydrogens is 540 g/mol. The molecule has 1 heterocycles. The van der Waals surface area contributed by atoms with E-state index in [1.807, 2.05) is 7.05 Å². The molecule has 1 saturated heterocycles. The van der Waals surface area contributed by atoms with Gasteiger partial charge in [-0.3, -0.25) is 19.2 Å². The van der Waals surface area contributed by atoms with E-state index < -0.39 is 41.3 Å². The third-order valence-electron chi connectivity index (χ3n) is 9.48. The lowest BCUT2D eigenvalue weighted by molar-refractivity contribution is -0.152. The average molecular weight is 587 g/mol. The summed E-state index contributed by atoms with van der Waals surface area (Å²) < 4.78 is 5.32. The minimum absolute atomic E-state index is 0.0714. The summed E-state index contributed by atoms with van der Waals surface area (Å²) in [6, 6.07) is -2.17. The highest BCUT2D eigenvalue weighted by Gasteiger charge is 2.55. The summed E-state index contributed by atoms with van der Waals surface area (Å²) in [6.45, 7) is 6.13. The molecular formula is C30H46N6O6. The number of piperazine rings is 1. The molecule has 0 unspecified atom stereocenters. The van der Waals surface area contributed by atoms with Gasteiger partial charge in [-0.25, -0.2) is 4.79 Å². The molecule has 12 nitrogen and oxygen atoms in total. The molecule has 4 aliphatic carbocycles. The summed E-state index contributed by atoms with van der Waals surface area (Å²) in [5, 5.41) is 5.70. The van der Waals surface area contributed by atoms with Crippen LogP contribution in [-0.4, -0.2) is 102 Å². The number of carbonyl (C=O) groups excluding carboxylic acids is 5. The standard InChI is InChI=1S/C30H46N6O6/c1-19(2)42-28(40)25(5-4-23(37)18-32-31)33-27(39)24(6-7-26(38)36-10-8-35(3)9-11-36)34-29(41)30-15-20-12-21(16-30)14-22(13-20)17-30/h18-22,24-25H,4-17H2,1-3H3,(H,33,39)(H,34,41)/t20?,21?,22?,24-,25-,30?/m0/s1. The number of ketones is 1. The fourth-order valence-corrected chi connectivity index (χ4v) is 7.70. The van der Waals surface area contributed by atoms with Crippen LogP contribution in [-0.2, 0) is 28.7 Å². The molecule has 3 amide bonds. The Kier molecular flexibility index (Phi) is 10.5. The molecule has 12 heteroatoms. The summed E-state index contributed by atoms with van der Waals surface area (Å²) in [5.74, 6) is -0.382. The van der Waals surface area contributed by atoms with Crippen LogP contribution in [0.3, 0.4) is 0 Å². The minimum Gasteiger partial charge on any atom is -0.461 e. The average Bonchev–Trinajstić information content (AvgIpc) is 2.92. The number of nitrogens with zero attached hydrogens (tertiary/aromatic N) is 4. The number of hydrogen-bond donors (Lipinski definition) is 2. The van der Waals surface area contributed by atoms with Crippen LogP contribution in [0.5, 0.6) is 0 Å². The van der Waals surface area contributed by atoms with Crippen molar-refractivity contribution in [3.63, 3.8) is 0 Å². The summed E-state index contributed by atoms with van der Waals surface area (Å²) >= 11 is 0. The Labute approximate surface area is 247 Å². The van der Waals surface area contributed by atoms with Crippen LogP contribution in [0.4, 0.5) is 0 Å². The van der Waals surface area contributed by atoms with E-state index in [1.165, 1.54) is 19.3 Å². The predicted octanol–water partition coefficient (Wildman–Crippen LogP) is 1.33. The highest BCUT2D eigenvalue weighted by atomic mass is 16.5. The Bertz CT molecular complexity index is 1060. The lowest BCUT2D eigenvalue weighted by Crippen LogP contribution is -2.58. The van der Waals surface area contributed by atoms with Crippen LogP contribution in [0.15, 0.2) is 0 Å². The van der Waals surface area contributed by atoms with Gasteiger partial charge in [0.25, 0.3) is 0 Å². The second kappa shape index (κ2) is 13.9. The molecule has 0 aromatic heterocycles. The van der Waals surface area contributed by atoms with E-state index in [0.717, 1.165) is 38.6 Å². The van der Waals surface area contributed by atoms with Crippen molar-refractivity contribution in [2.45, 2.75) is 96.2 Å². The fourth-order valence-electron chi connectivity index (χ4n) is 7.70. The van der Waals surface area contributed by atoms with E-state index in [9.17, 15) is 24.0 Å². The minimum atomic E-state index is -1.15. The number of esters is 1. The summed E-state index contributed by atoms with van der Waals surface area (Å²) in [6.07, 6.45) is 6.26. The second-order valence-corrected chi connectivity index (χ2v) is 13.2. The number of hydrogen-bond acceptors (Lipinski definition) is 7. The van der Waals surface area contributed by atoms with Crippen molar-refractivity contribution in [2.75, 3.05) is 33.2 Å². The molecule has 0 spiro atoms. The fraction of sp³-hybridized carbons (Fsp3) is 0.800. The first-order valence-electron chi connectivity index (χ1n) is 15.5. The number of rotatable bonds is 13. The van der Waals surface area contributed by atoms with E-state index in [1.54, 1.807) is 18.7 Å². The monoisotopic (exact) mass is 586 g/mol. The van der Waals surface area contributed by atoms with E-state index in [-0.39, 0.29) is 37.5 Å². The van der Waals surface area contributed by atoms with Crippen LogP contribution in [0.1, 0.15) is 78.1 Å². The largest absolute Gasteiger partial charge is 0.461 e. The van der Waals surface area contributed by atoms with Gasteiger partial charge in [-0.15, -0.1) is 0 Å². The molecule has 4 bridgehead atoms. The van der Waals surface area contributed by atoms with Gasteiger partial charge in [0.2, 0.25) is 23.5 Å². The lowest BCUT2D eigenvalue weighted by atomic mass is 9.49. The van der Waals surface area contributed by atoms with Gasteiger partial charge in [-0.05, 0) is 90.0 Å². The van der Waals surface area contributed by atoms with Crippen molar-refractivity contribution in [3.05, 3.63) is 5.53 Å². The Morgan fingerprint density at radius 3 is 2.02 bits per heavy atom. The number of ether oxygens (including phenoxy) is 1. The molecule has 5 fully saturated rings. The third kappa shape index (κ3) is 8.04. The van der Waals surface area contributed by atoms with E-state index in [0.29, 0.717) is 30.8 Å². The maximum Gasteiger partial charge on any atom is 0.328 e. The smallest absolute Gasteiger partial charge is 0.328 e. The molecule has 1 aliphatic heterocycles. The SMILES string of the molecule is CC(C)OC(=O)[C@H](CCC(=O)C=[N+]=[N-])NC(=O)[C@H](CCC(=O)N1CCN(C)CC1)NC(=O)C12CC3CC(CC(C3)C1)C2. The van der Waals surface area contributed by atoms with Crippen molar-refractivity contribution in [2.24, 2.45) is 23.2 Å². The van der Waals surface area contributed by atoms with E-state index in [4.69, 9.17) is 10.3 Å². The molecule has 5 aliphatic rings. The Morgan fingerprint density at radius 1 is 0.905 bits per heavy atom. The highest BCUT2D eigenvalue weighted by Crippen LogP contribution is 2.60. The first-order valence-corrected chi connectivity index (χ1v) is 15.5. The maximum atomic E-state index is 13.9.